The number of esters is 1. The molecule has 0 aromatic heterocycles. The number of hydrogen-bond donors (Lipinski definition) is 1. The van der Waals surface area contributed by atoms with E-state index in [9.17, 15) is 19.2 Å². The summed E-state index contributed by atoms with van der Waals surface area (Å²) in [5.41, 5.74) is 0.553. The molecule has 1 atom stereocenters. The molecule has 2 rings (SSSR count). The first-order valence-electron chi connectivity index (χ1n) is 9.12. The fourth-order valence-corrected chi connectivity index (χ4v) is 2.85. The van der Waals surface area contributed by atoms with E-state index in [1.54, 1.807) is 24.3 Å². The van der Waals surface area contributed by atoms with E-state index >= 15 is 0 Å². The summed E-state index contributed by atoms with van der Waals surface area (Å²) in [5.74, 6) is -1.87. The molecule has 0 aliphatic carbocycles. The Bertz CT molecular complexity index is 707. The van der Waals surface area contributed by atoms with Gasteiger partial charge in [-0.05, 0) is 30.4 Å². The smallest absolute Gasteiger partial charge is 0.329 e. The van der Waals surface area contributed by atoms with Crippen molar-refractivity contribution < 1.29 is 23.9 Å². The highest BCUT2D eigenvalue weighted by Crippen LogP contribution is 2.27. The zero-order valence-electron chi connectivity index (χ0n) is 16.2. The maximum Gasteiger partial charge on any atom is 0.329 e. The minimum Gasteiger partial charge on any atom is -0.454 e. The van der Waals surface area contributed by atoms with E-state index in [4.69, 9.17) is 4.74 Å². The molecule has 7 heteroatoms. The Hall–Kier alpha value is -2.70. The largest absolute Gasteiger partial charge is 0.454 e. The molecule has 1 aromatic carbocycles. The Balaban J connectivity index is 2.11. The first-order chi connectivity index (χ1) is 12.7. The van der Waals surface area contributed by atoms with Crippen molar-refractivity contribution in [2.45, 2.75) is 40.2 Å². The molecule has 27 heavy (non-hydrogen) atoms. The number of benzene rings is 1. The zero-order valence-corrected chi connectivity index (χ0v) is 16.2. The van der Waals surface area contributed by atoms with Crippen LogP contribution in [0.5, 0.6) is 0 Å². The van der Waals surface area contributed by atoms with Crippen LogP contribution in [-0.2, 0) is 14.3 Å². The highest BCUT2D eigenvalue weighted by Gasteiger charge is 2.43. The van der Waals surface area contributed by atoms with Gasteiger partial charge in [0.15, 0.2) is 6.61 Å². The second-order valence-electron chi connectivity index (χ2n) is 7.48. The van der Waals surface area contributed by atoms with Crippen LogP contribution in [0.2, 0.25) is 0 Å². The van der Waals surface area contributed by atoms with Gasteiger partial charge < -0.3 is 10.1 Å². The minimum atomic E-state index is -1.06. The lowest BCUT2D eigenvalue weighted by atomic mass is 10.0. The van der Waals surface area contributed by atoms with E-state index in [0.717, 1.165) is 4.90 Å². The standard InChI is InChI=1S/C20H26N2O5/c1-12(2)9-16(20(26)27-11-17(23)21-10-13(3)4)22-18(24)14-7-5-6-8-15(14)19(22)25/h5-8,12-13,16H,9-11H2,1-4H3,(H,21,23)/t16-/m0/s1. The summed E-state index contributed by atoms with van der Waals surface area (Å²) in [5, 5.41) is 2.65. The van der Waals surface area contributed by atoms with Crippen LogP contribution >= 0.6 is 0 Å². The van der Waals surface area contributed by atoms with Crippen LogP contribution in [0.4, 0.5) is 0 Å². The molecule has 1 aliphatic rings. The number of fused-ring (bicyclic) bond motifs is 1. The molecule has 7 nitrogen and oxygen atoms in total. The third-order valence-corrected chi connectivity index (χ3v) is 4.16. The number of rotatable bonds is 8. The minimum absolute atomic E-state index is 0.0432. The lowest BCUT2D eigenvalue weighted by Crippen LogP contribution is -2.47. The number of imide groups is 1. The van der Waals surface area contributed by atoms with Gasteiger partial charge in [-0.2, -0.15) is 0 Å². The molecule has 3 amide bonds. The lowest BCUT2D eigenvalue weighted by molar-refractivity contribution is -0.152. The van der Waals surface area contributed by atoms with Crippen molar-refractivity contribution in [3.8, 4) is 0 Å². The molecule has 1 heterocycles. The van der Waals surface area contributed by atoms with Crippen LogP contribution in [0.25, 0.3) is 0 Å². The highest BCUT2D eigenvalue weighted by molar-refractivity contribution is 6.22. The van der Waals surface area contributed by atoms with Crippen LogP contribution in [0.1, 0.15) is 54.8 Å². The normalized spacial score (nSPS) is 14.5. The summed E-state index contributed by atoms with van der Waals surface area (Å²) < 4.78 is 5.11. The molecule has 1 N–H and O–H groups in total. The molecule has 0 saturated heterocycles. The van der Waals surface area contributed by atoms with Crippen LogP contribution in [0.3, 0.4) is 0 Å². The summed E-state index contributed by atoms with van der Waals surface area (Å²) in [6, 6.07) is 5.40. The topological polar surface area (TPSA) is 92.8 Å². The quantitative estimate of drug-likeness (QED) is 0.555. The Labute approximate surface area is 159 Å². The molecular formula is C20H26N2O5. The summed E-state index contributed by atoms with van der Waals surface area (Å²) in [7, 11) is 0. The second kappa shape index (κ2) is 8.79. The monoisotopic (exact) mass is 374 g/mol. The van der Waals surface area contributed by atoms with Crippen LogP contribution in [0.15, 0.2) is 24.3 Å². The second-order valence-corrected chi connectivity index (χ2v) is 7.48. The van der Waals surface area contributed by atoms with E-state index < -0.39 is 36.3 Å². The first-order valence-corrected chi connectivity index (χ1v) is 9.12. The SMILES string of the molecule is CC(C)CNC(=O)COC(=O)[C@H](CC(C)C)N1C(=O)c2ccccc2C1=O. The van der Waals surface area contributed by atoms with E-state index in [-0.39, 0.29) is 29.4 Å². The van der Waals surface area contributed by atoms with Gasteiger partial charge in [0.05, 0.1) is 11.1 Å². The molecule has 1 aromatic rings. The summed E-state index contributed by atoms with van der Waals surface area (Å²) in [4.78, 5) is 50.7. The van der Waals surface area contributed by atoms with Gasteiger partial charge in [-0.1, -0.05) is 39.8 Å². The number of carbonyl (C=O) groups is 4. The maximum atomic E-state index is 12.7. The lowest BCUT2D eigenvalue weighted by Gasteiger charge is -2.25. The molecule has 0 fully saturated rings. The number of amides is 3. The summed E-state index contributed by atoms with van der Waals surface area (Å²) >= 11 is 0. The molecule has 0 radical (unpaired) electrons. The molecule has 146 valence electrons. The van der Waals surface area contributed by atoms with Gasteiger partial charge in [-0.15, -0.1) is 0 Å². The number of ether oxygens (including phenoxy) is 1. The first kappa shape index (κ1) is 20.6. The van der Waals surface area contributed by atoms with Crippen molar-refractivity contribution >= 4 is 23.7 Å². The molecule has 0 unspecified atom stereocenters. The fourth-order valence-electron chi connectivity index (χ4n) is 2.85. The van der Waals surface area contributed by atoms with Gasteiger partial charge in [0.25, 0.3) is 17.7 Å². The summed E-state index contributed by atoms with van der Waals surface area (Å²) in [6.45, 7) is 7.70. The Kier molecular flexibility index (Phi) is 6.71. The van der Waals surface area contributed by atoms with E-state index in [1.807, 2.05) is 27.7 Å². The van der Waals surface area contributed by atoms with Crippen molar-refractivity contribution in [2.24, 2.45) is 11.8 Å². The third kappa shape index (κ3) is 4.93. The van der Waals surface area contributed by atoms with Gasteiger partial charge in [-0.3, -0.25) is 19.3 Å². The van der Waals surface area contributed by atoms with E-state index in [2.05, 4.69) is 5.32 Å². The van der Waals surface area contributed by atoms with Crippen molar-refractivity contribution in [3.63, 3.8) is 0 Å². The Morgan fingerprint density at radius 2 is 1.56 bits per heavy atom. The molecule has 0 bridgehead atoms. The van der Waals surface area contributed by atoms with Crippen LogP contribution < -0.4 is 5.32 Å². The highest BCUT2D eigenvalue weighted by atomic mass is 16.5. The average Bonchev–Trinajstić information content (AvgIpc) is 2.87. The number of carbonyl (C=O) groups excluding carboxylic acids is 4. The maximum absolute atomic E-state index is 12.7. The van der Waals surface area contributed by atoms with Gasteiger partial charge in [0, 0.05) is 6.54 Å². The molecule has 1 aliphatic heterocycles. The molecular weight excluding hydrogens is 348 g/mol. The molecule has 0 spiro atoms. The van der Waals surface area contributed by atoms with Crippen molar-refractivity contribution in [3.05, 3.63) is 35.4 Å². The van der Waals surface area contributed by atoms with E-state index in [1.165, 1.54) is 0 Å². The number of hydrogen-bond acceptors (Lipinski definition) is 5. The fraction of sp³-hybridized carbons (Fsp3) is 0.500. The van der Waals surface area contributed by atoms with E-state index in [0.29, 0.717) is 6.54 Å². The molecule has 0 saturated carbocycles. The Morgan fingerprint density at radius 1 is 1.00 bits per heavy atom. The number of nitrogens with zero attached hydrogens (tertiary/aromatic N) is 1. The van der Waals surface area contributed by atoms with Crippen molar-refractivity contribution in [1.82, 2.24) is 10.2 Å². The van der Waals surface area contributed by atoms with Gasteiger partial charge in [0.2, 0.25) is 0 Å². The van der Waals surface area contributed by atoms with Crippen molar-refractivity contribution in [1.29, 1.82) is 0 Å². The van der Waals surface area contributed by atoms with Crippen LogP contribution in [0, 0.1) is 11.8 Å². The predicted molar refractivity (Wildman–Crippen MR) is 99.0 cm³/mol. The summed E-state index contributed by atoms with van der Waals surface area (Å²) in [6.07, 6.45) is 0.262. The van der Waals surface area contributed by atoms with Crippen molar-refractivity contribution in [2.75, 3.05) is 13.2 Å². The predicted octanol–water partition coefficient (Wildman–Crippen LogP) is 2.01. The zero-order chi connectivity index (χ0) is 20.1. The van der Waals surface area contributed by atoms with Gasteiger partial charge >= 0.3 is 5.97 Å². The number of nitrogens with one attached hydrogen (secondary N) is 1. The van der Waals surface area contributed by atoms with Gasteiger partial charge in [0.1, 0.15) is 6.04 Å². The average molecular weight is 374 g/mol. The third-order valence-electron chi connectivity index (χ3n) is 4.16. The Morgan fingerprint density at radius 3 is 2.04 bits per heavy atom. The van der Waals surface area contributed by atoms with Crippen LogP contribution in [-0.4, -0.2) is 47.8 Å². The van der Waals surface area contributed by atoms with Gasteiger partial charge in [-0.25, -0.2) is 4.79 Å².